The van der Waals surface area contributed by atoms with Crippen LogP contribution in [0.15, 0.2) is 48.5 Å². The number of hydrogen-bond donors (Lipinski definition) is 1. The molecule has 2 aromatic carbocycles. The number of amides is 1. The van der Waals surface area contributed by atoms with Gasteiger partial charge in [0.05, 0.1) is 6.54 Å². The molecule has 1 N–H and O–H groups in total. The summed E-state index contributed by atoms with van der Waals surface area (Å²) in [6.45, 7) is 6.53. The average molecular weight is 308 g/mol. The van der Waals surface area contributed by atoms with E-state index in [4.69, 9.17) is 0 Å². The van der Waals surface area contributed by atoms with Gasteiger partial charge < -0.3 is 5.32 Å². The van der Waals surface area contributed by atoms with Crippen molar-refractivity contribution in [2.24, 2.45) is 0 Å². The Morgan fingerprint density at radius 1 is 1.09 bits per heavy atom. The second-order valence-corrected chi connectivity index (χ2v) is 6.52. The second-order valence-electron chi connectivity index (χ2n) is 6.52. The number of rotatable bonds is 4. The van der Waals surface area contributed by atoms with Crippen LogP contribution in [-0.2, 0) is 17.8 Å². The Morgan fingerprint density at radius 2 is 1.78 bits per heavy atom. The lowest BCUT2D eigenvalue weighted by Gasteiger charge is -2.28. The molecule has 1 heterocycles. The second kappa shape index (κ2) is 6.97. The van der Waals surface area contributed by atoms with Gasteiger partial charge in [0.1, 0.15) is 0 Å². The quantitative estimate of drug-likeness (QED) is 0.931. The number of benzene rings is 2. The fraction of sp³-hybridized carbons (Fsp3) is 0.350. The van der Waals surface area contributed by atoms with E-state index in [0.717, 1.165) is 25.2 Å². The number of nitrogens with zero attached hydrogens (tertiary/aromatic N) is 1. The fourth-order valence-electron chi connectivity index (χ4n) is 3.20. The van der Waals surface area contributed by atoms with Crippen LogP contribution < -0.4 is 5.32 Å². The van der Waals surface area contributed by atoms with E-state index in [-0.39, 0.29) is 5.91 Å². The minimum Gasteiger partial charge on any atom is -0.325 e. The minimum absolute atomic E-state index is 0.0671. The third kappa shape index (κ3) is 3.80. The van der Waals surface area contributed by atoms with Crippen LogP contribution in [0.1, 0.15) is 36.5 Å². The molecule has 120 valence electrons. The number of carbonyl (C=O) groups is 1. The Kier molecular flexibility index (Phi) is 4.77. The molecule has 0 radical (unpaired) electrons. The molecule has 3 heteroatoms. The molecule has 2 aromatic rings. The summed E-state index contributed by atoms with van der Waals surface area (Å²) >= 11 is 0. The Bertz CT molecular complexity index is 694. The molecule has 0 saturated heterocycles. The lowest BCUT2D eigenvalue weighted by Crippen LogP contribution is -2.37. The normalized spacial score (nSPS) is 14.6. The Labute approximate surface area is 138 Å². The van der Waals surface area contributed by atoms with Gasteiger partial charge in [-0.2, -0.15) is 0 Å². The van der Waals surface area contributed by atoms with E-state index in [9.17, 15) is 4.79 Å². The van der Waals surface area contributed by atoms with Gasteiger partial charge in [-0.25, -0.2) is 0 Å². The summed E-state index contributed by atoms with van der Waals surface area (Å²) in [5.74, 6) is 0.464. The number of hydrogen-bond acceptors (Lipinski definition) is 2. The van der Waals surface area contributed by atoms with Crippen molar-refractivity contribution in [3.8, 4) is 0 Å². The van der Waals surface area contributed by atoms with Crippen molar-refractivity contribution in [3.05, 3.63) is 65.2 Å². The van der Waals surface area contributed by atoms with Crippen LogP contribution >= 0.6 is 0 Å². The summed E-state index contributed by atoms with van der Waals surface area (Å²) in [6.07, 6.45) is 1.02. The average Bonchev–Trinajstić information content (AvgIpc) is 2.55. The molecule has 0 spiro atoms. The molecular weight excluding hydrogens is 284 g/mol. The predicted octanol–water partition coefficient (Wildman–Crippen LogP) is 3.81. The molecule has 23 heavy (non-hydrogen) atoms. The highest BCUT2D eigenvalue weighted by atomic mass is 16.2. The van der Waals surface area contributed by atoms with Crippen LogP contribution in [0, 0.1) is 0 Å². The van der Waals surface area contributed by atoms with Gasteiger partial charge in [0.15, 0.2) is 0 Å². The fourth-order valence-corrected chi connectivity index (χ4v) is 3.20. The zero-order valence-corrected chi connectivity index (χ0v) is 13.9. The molecular formula is C20H24N2O. The van der Waals surface area contributed by atoms with Crippen molar-refractivity contribution in [2.75, 3.05) is 18.4 Å². The summed E-state index contributed by atoms with van der Waals surface area (Å²) in [7, 11) is 0. The summed E-state index contributed by atoms with van der Waals surface area (Å²) in [5.41, 5.74) is 4.87. The largest absolute Gasteiger partial charge is 0.325 e. The first-order valence-electron chi connectivity index (χ1n) is 8.31. The van der Waals surface area contributed by atoms with E-state index in [2.05, 4.69) is 54.4 Å². The van der Waals surface area contributed by atoms with Crippen molar-refractivity contribution in [1.29, 1.82) is 0 Å². The highest BCUT2D eigenvalue weighted by Crippen LogP contribution is 2.24. The Balaban J connectivity index is 1.63. The molecule has 0 fully saturated rings. The first-order chi connectivity index (χ1) is 11.1. The molecule has 1 aliphatic heterocycles. The van der Waals surface area contributed by atoms with E-state index in [1.165, 1.54) is 16.7 Å². The molecule has 0 unspecified atom stereocenters. The lowest BCUT2D eigenvalue weighted by atomic mass is 10.00. The van der Waals surface area contributed by atoms with Gasteiger partial charge >= 0.3 is 0 Å². The molecule has 1 amide bonds. The summed E-state index contributed by atoms with van der Waals surface area (Å²) in [5, 5.41) is 3.08. The van der Waals surface area contributed by atoms with E-state index in [1.807, 2.05) is 18.2 Å². The molecule has 0 bridgehead atoms. The smallest absolute Gasteiger partial charge is 0.238 e. The molecule has 1 aliphatic rings. The molecule has 0 aliphatic carbocycles. The van der Waals surface area contributed by atoms with Gasteiger partial charge in [-0.05, 0) is 35.1 Å². The van der Waals surface area contributed by atoms with Gasteiger partial charge in [-0.15, -0.1) is 0 Å². The van der Waals surface area contributed by atoms with Crippen LogP contribution in [0.4, 0.5) is 5.69 Å². The maximum atomic E-state index is 12.4. The number of anilines is 1. The molecule has 0 atom stereocenters. The monoisotopic (exact) mass is 308 g/mol. The van der Waals surface area contributed by atoms with Crippen molar-refractivity contribution < 1.29 is 4.79 Å². The van der Waals surface area contributed by atoms with E-state index in [1.54, 1.807) is 0 Å². The standard InChI is InChI=1S/C20H24N2O/c1-15(2)18-9-5-6-10-19(18)21-20(23)14-22-12-11-16-7-3-4-8-17(16)13-22/h3-10,15H,11-14H2,1-2H3,(H,21,23). The summed E-state index contributed by atoms with van der Waals surface area (Å²) in [6, 6.07) is 16.6. The highest BCUT2D eigenvalue weighted by molar-refractivity contribution is 5.93. The van der Waals surface area contributed by atoms with Crippen LogP contribution in [0.2, 0.25) is 0 Å². The molecule has 3 nitrogen and oxygen atoms in total. The van der Waals surface area contributed by atoms with Gasteiger partial charge in [-0.3, -0.25) is 9.69 Å². The van der Waals surface area contributed by atoms with Gasteiger partial charge in [0.2, 0.25) is 5.91 Å². The summed E-state index contributed by atoms with van der Waals surface area (Å²) in [4.78, 5) is 14.6. The van der Waals surface area contributed by atoms with Crippen LogP contribution in [0.25, 0.3) is 0 Å². The van der Waals surface area contributed by atoms with Crippen molar-refractivity contribution >= 4 is 11.6 Å². The number of para-hydroxylation sites is 1. The Hall–Kier alpha value is -2.13. The van der Waals surface area contributed by atoms with Crippen LogP contribution in [0.5, 0.6) is 0 Å². The molecule has 0 aromatic heterocycles. The van der Waals surface area contributed by atoms with E-state index in [0.29, 0.717) is 12.5 Å². The van der Waals surface area contributed by atoms with E-state index >= 15 is 0 Å². The van der Waals surface area contributed by atoms with Crippen LogP contribution in [0.3, 0.4) is 0 Å². The predicted molar refractivity (Wildman–Crippen MR) is 94.6 cm³/mol. The van der Waals surface area contributed by atoms with Crippen LogP contribution in [-0.4, -0.2) is 23.9 Å². The maximum absolute atomic E-state index is 12.4. The lowest BCUT2D eigenvalue weighted by molar-refractivity contribution is -0.117. The maximum Gasteiger partial charge on any atom is 0.238 e. The van der Waals surface area contributed by atoms with Crippen molar-refractivity contribution in [3.63, 3.8) is 0 Å². The number of nitrogens with one attached hydrogen (secondary N) is 1. The topological polar surface area (TPSA) is 32.3 Å². The third-order valence-electron chi connectivity index (χ3n) is 4.43. The van der Waals surface area contributed by atoms with Gasteiger partial charge in [0.25, 0.3) is 0 Å². The van der Waals surface area contributed by atoms with Crippen molar-refractivity contribution in [1.82, 2.24) is 4.90 Å². The first kappa shape index (κ1) is 15.8. The van der Waals surface area contributed by atoms with E-state index < -0.39 is 0 Å². The minimum atomic E-state index is 0.0671. The zero-order valence-electron chi connectivity index (χ0n) is 13.9. The SMILES string of the molecule is CC(C)c1ccccc1NC(=O)CN1CCc2ccccc2C1. The highest BCUT2D eigenvalue weighted by Gasteiger charge is 2.18. The van der Waals surface area contributed by atoms with Crippen molar-refractivity contribution in [2.45, 2.75) is 32.7 Å². The molecule has 3 rings (SSSR count). The molecule has 0 saturated carbocycles. The first-order valence-corrected chi connectivity index (χ1v) is 8.31. The Morgan fingerprint density at radius 3 is 2.57 bits per heavy atom. The van der Waals surface area contributed by atoms with Gasteiger partial charge in [-0.1, -0.05) is 56.3 Å². The summed E-state index contributed by atoms with van der Waals surface area (Å²) < 4.78 is 0. The number of fused-ring (bicyclic) bond motifs is 1. The third-order valence-corrected chi connectivity index (χ3v) is 4.43. The van der Waals surface area contributed by atoms with Gasteiger partial charge in [0, 0.05) is 18.8 Å². The zero-order chi connectivity index (χ0) is 16.2. The number of carbonyl (C=O) groups excluding carboxylic acids is 1.